The molecular weight excluding hydrogens is 209 g/mol. The van der Waals surface area contributed by atoms with Crippen molar-refractivity contribution in [3.63, 3.8) is 0 Å². The first-order valence-electron chi connectivity index (χ1n) is 3.89. The SMILES string of the molecule is NC(Cn1cc(F)c(=O)[nH]c1=O)C(=O)O. The highest BCUT2D eigenvalue weighted by atomic mass is 19.1. The van der Waals surface area contributed by atoms with E-state index in [4.69, 9.17) is 10.8 Å². The number of hydrogen-bond acceptors (Lipinski definition) is 4. The molecule has 0 saturated heterocycles. The molecule has 0 aliphatic heterocycles. The molecule has 0 aliphatic rings. The Balaban J connectivity index is 3.06. The standard InChI is InChI=1S/C7H8FN3O4/c8-3-1-11(2-4(9)6(13)14)7(15)10-5(3)12/h1,4H,2,9H2,(H,13,14)(H,10,12,15). The van der Waals surface area contributed by atoms with Crippen LogP contribution in [0.1, 0.15) is 0 Å². The van der Waals surface area contributed by atoms with E-state index in [2.05, 4.69) is 0 Å². The first-order chi connectivity index (χ1) is 6.91. The minimum atomic E-state index is -1.34. The molecule has 1 unspecified atom stereocenters. The number of aromatic nitrogens is 2. The van der Waals surface area contributed by atoms with Crippen molar-refractivity contribution in [1.82, 2.24) is 9.55 Å². The maximum atomic E-state index is 12.7. The van der Waals surface area contributed by atoms with Crippen molar-refractivity contribution in [2.75, 3.05) is 0 Å². The van der Waals surface area contributed by atoms with Gasteiger partial charge in [-0.2, -0.15) is 4.39 Å². The number of halogens is 1. The third-order valence-corrected chi connectivity index (χ3v) is 1.68. The van der Waals surface area contributed by atoms with Crippen molar-refractivity contribution in [2.45, 2.75) is 12.6 Å². The molecule has 1 heterocycles. The van der Waals surface area contributed by atoms with E-state index in [1.54, 1.807) is 4.98 Å². The Bertz CT molecular complexity index is 492. The lowest BCUT2D eigenvalue weighted by Gasteiger charge is -2.08. The summed E-state index contributed by atoms with van der Waals surface area (Å²) in [5.74, 6) is -2.50. The largest absolute Gasteiger partial charge is 0.480 e. The molecule has 0 spiro atoms. The van der Waals surface area contributed by atoms with Crippen LogP contribution in [-0.4, -0.2) is 26.7 Å². The summed E-state index contributed by atoms with van der Waals surface area (Å²) in [6.45, 7) is -0.415. The highest BCUT2D eigenvalue weighted by Gasteiger charge is 2.13. The van der Waals surface area contributed by atoms with Crippen LogP contribution in [0.5, 0.6) is 0 Å². The second kappa shape index (κ2) is 4.05. The lowest BCUT2D eigenvalue weighted by molar-refractivity contribution is -0.138. The van der Waals surface area contributed by atoms with Gasteiger partial charge in [-0.1, -0.05) is 0 Å². The molecule has 0 radical (unpaired) electrons. The van der Waals surface area contributed by atoms with Gasteiger partial charge >= 0.3 is 11.7 Å². The monoisotopic (exact) mass is 217 g/mol. The summed E-state index contributed by atoms with van der Waals surface area (Å²) in [6, 6.07) is -1.34. The molecule has 1 aromatic heterocycles. The number of H-pyrrole nitrogens is 1. The molecule has 0 bridgehead atoms. The average molecular weight is 217 g/mol. The van der Waals surface area contributed by atoms with Gasteiger partial charge in [0.25, 0.3) is 5.56 Å². The average Bonchev–Trinajstić information content (AvgIpc) is 2.13. The Kier molecular flexibility index (Phi) is 3.00. The Labute approximate surface area is 82.0 Å². The van der Waals surface area contributed by atoms with E-state index in [1.165, 1.54) is 0 Å². The highest BCUT2D eigenvalue weighted by molar-refractivity contribution is 5.72. The van der Waals surface area contributed by atoms with Crippen molar-refractivity contribution in [2.24, 2.45) is 5.73 Å². The van der Waals surface area contributed by atoms with Crippen LogP contribution < -0.4 is 17.0 Å². The number of carboxylic acids is 1. The van der Waals surface area contributed by atoms with Gasteiger partial charge in [0.15, 0.2) is 0 Å². The number of nitrogens with zero attached hydrogens (tertiary/aromatic N) is 1. The fourth-order valence-corrected chi connectivity index (χ4v) is 0.908. The van der Waals surface area contributed by atoms with E-state index >= 15 is 0 Å². The molecule has 0 aromatic carbocycles. The summed E-state index contributed by atoms with van der Waals surface area (Å²) in [7, 11) is 0. The predicted octanol–water partition coefficient (Wildman–Crippen LogP) is -1.91. The molecule has 1 rings (SSSR count). The second-order valence-electron chi connectivity index (χ2n) is 2.83. The summed E-state index contributed by atoms with van der Waals surface area (Å²) >= 11 is 0. The number of nitrogens with two attached hydrogens (primary N) is 1. The summed E-state index contributed by atoms with van der Waals surface area (Å²) in [6.07, 6.45) is 0.615. The van der Waals surface area contributed by atoms with Gasteiger partial charge in [-0.25, -0.2) is 4.79 Å². The number of nitrogens with one attached hydrogen (secondary N) is 1. The van der Waals surface area contributed by atoms with Crippen LogP contribution in [0.25, 0.3) is 0 Å². The zero-order valence-corrected chi connectivity index (χ0v) is 7.44. The van der Waals surface area contributed by atoms with Crippen LogP contribution in [0.4, 0.5) is 4.39 Å². The zero-order valence-electron chi connectivity index (χ0n) is 7.44. The Morgan fingerprint density at radius 1 is 1.67 bits per heavy atom. The van der Waals surface area contributed by atoms with Gasteiger partial charge in [0.05, 0.1) is 12.7 Å². The number of carboxylic acid groups (broad SMARTS) is 1. The van der Waals surface area contributed by atoms with E-state index in [0.29, 0.717) is 10.8 Å². The normalized spacial score (nSPS) is 12.4. The van der Waals surface area contributed by atoms with Gasteiger partial charge in [-0.3, -0.25) is 19.1 Å². The first-order valence-corrected chi connectivity index (χ1v) is 3.89. The topological polar surface area (TPSA) is 118 Å². The van der Waals surface area contributed by atoms with E-state index in [-0.39, 0.29) is 0 Å². The molecular formula is C7H8FN3O4. The molecule has 1 atom stereocenters. The fraction of sp³-hybridized carbons (Fsp3) is 0.286. The summed E-state index contributed by atoms with van der Waals surface area (Å²) in [5.41, 5.74) is 3.07. The van der Waals surface area contributed by atoms with E-state index in [1.807, 2.05) is 0 Å². The molecule has 7 nitrogen and oxygen atoms in total. The summed E-state index contributed by atoms with van der Waals surface area (Å²) < 4.78 is 13.4. The lowest BCUT2D eigenvalue weighted by Crippen LogP contribution is -2.40. The molecule has 0 fully saturated rings. The molecule has 0 saturated carbocycles. The molecule has 15 heavy (non-hydrogen) atoms. The van der Waals surface area contributed by atoms with Gasteiger partial charge < -0.3 is 10.8 Å². The van der Waals surface area contributed by atoms with Gasteiger partial charge in [0.2, 0.25) is 5.82 Å². The minimum Gasteiger partial charge on any atom is -0.480 e. The van der Waals surface area contributed by atoms with Crippen LogP contribution in [-0.2, 0) is 11.3 Å². The number of aromatic amines is 1. The Hall–Kier alpha value is -1.96. The van der Waals surface area contributed by atoms with Crippen LogP contribution in [0, 0.1) is 5.82 Å². The number of rotatable bonds is 3. The summed E-state index contributed by atoms with van der Waals surface area (Å²) in [5, 5.41) is 8.45. The maximum absolute atomic E-state index is 12.7. The van der Waals surface area contributed by atoms with Crippen LogP contribution >= 0.6 is 0 Å². The first kappa shape index (κ1) is 11.1. The molecule has 0 amide bonds. The van der Waals surface area contributed by atoms with Crippen LogP contribution in [0.15, 0.2) is 15.8 Å². The number of carbonyl (C=O) groups is 1. The molecule has 82 valence electrons. The van der Waals surface area contributed by atoms with Gasteiger partial charge in [-0.05, 0) is 0 Å². The Morgan fingerprint density at radius 2 is 2.27 bits per heavy atom. The van der Waals surface area contributed by atoms with E-state index in [9.17, 15) is 18.8 Å². The summed E-state index contributed by atoms with van der Waals surface area (Å²) in [4.78, 5) is 33.7. The number of aliphatic carboxylic acids is 1. The molecule has 1 aromatic rings. The predicted molar refractivity (Wildman–Crippen MR) is 46.9 cm³/mol. The maximum Gasteiger partial charge on any atom is 0.328 e. The van der Waals surface area contributed by atoms with E-state index < -0.39 is 35.6 Å². The third-order valence-electron chi connectivity index (χ3n) is 1.68. The van der Waals surface area contributed by atoms with Gasteiger partial charge in [0.1, 0.15) is 6.04 Å². The molecule has 0 aliphatic carbocycles. The number of hydrogen-bond donors (Lipinski definition) is 3. The zero-order chi connectivity index (χ0) is 11.6. The fourth-order valence-electron chi connectivity index (χ4n) is 0.908. The van der Waals surface area contributed by atoms with Gasteiger partial charge in [-0.15, -0.1) is 0 Å². The molecule has 4 N–H and O–H groups in total. The lowest BCUT2D eigenvalue weighted by atomic mass is 10.3. The van der Waals surface area contributed by atoms with Crippen molar-refractivity contribution < 1.29 is 14.3 Å². The van der Waals surface area contributed by atoms with Crippen molar-refractivity contribution in [3.05, 3.63) is 32.9 Å². The smallest absolute Gasteiger partial charge is 0.328 e. The Morgan fingerprint density at radius 3 is 2.80 bits per heavy atom. The van der Waals surface area contributed by atoms with Crippen molar-refractivity contribution >= 4 is 5.97 Å². The van der Waals surface area contributed by atoms with Crippen LogP contribution in [0.3, 0.4) is 0 Å². The molecule has 8 heteroatoms. The quantitative estimate of drug-likeness (QED) is 0.545. The highest BCUT2D eigenvalue weighted by Crippen LogP contribution is 1.88. The third kappa shape index (κ3) is 2.50. The minimum absolute atomic E-state index is 0.415. The van der Waals surface area contributed by atoms with Gasteiger partial charge in [0, 0.05) is 0 Å². The van der Waals surface area contributed by atoms with Crippen molar-refractivity contribution in [3.8, 4) is 0 Å². The van der Waals surface area contributed by atoms with E-state index in [0.717, 1.165) is 0 Å². The van der Waals surface area contributed by atoms with Crippen molar-refractivity contribution in [1.29, 1.82) is 0 Å². The second-order valence-corrected chi connectivity index (χ2v) is 2.83. The van der Waals surface area contributed by atoms with Crippen LogP contribution in [0.2, 0.25) is 0 Å².